The van der Waals surface area contributed by atoms with Crippen LogP contribution in [0.5, 0.6) is 5.75 Å². The Balaban J connectivity index is 2.05. The summed E-state index contributed by atoms with van der Waals surface area (Å²) in [5.41, 5.74) is 0.281. The molecule has 5 nitrogen and oxygen atoms in total. The summed E-state index contributed by atoms with van der Waals surface area (Å²) in [4.78, 5) is 13.3. The largest absolute Gasteiger partial charge is 0.435 e. The monoisotopic (exact) mass is 401 g/mol. The van der Waals surface area contributed by atoms with Gasteiger partial charge in [0.25, 0.3) is 0 Å². The van der Waals surface area contributed by atoms with E-state index < -0.39 is 39.7 Å². The summed E-state index contributed by atoms with van der Waals surface area (Å²) in [6.45, 7) is -3.19. The number of carbonyl (C=O) groups excluding carboxylic acids is 1. The molecule has 2 aromatic carbocycles. The second kappa shape index (κ2) is 8.90. The molecule has 0 saturated carbocycles. The van der Waals surface area contributed by atoms with Crippen molar-refractivity contribution in [2.24, 2.45) is 0 Å². The van der Waals surface area contributed by atoms with Gasteiger partial charge in [0.05, 0.1) is 5.75 Å². The first kappa shape index (κ1) is 20.8. The summed E-state index contributed by atoms with van der Waals surface area (Å²) in [5, 5.41) is 0. The minimum Gasteiger partial charge on any atom is -0.435 e. The average molecular weight is 401 g/mol. The molecule has 0 radical (unpaired) electrons. The van der Waals surface area contributed by atoms with Gasteiger partial charge in [-0.25, -0.2) is 12.8 Å². The third-order valence-corrected chi connectivity index (χ3v) is 5.14. The van der Waals surface area contributed by atoms with Crippen molar-refractivity contribution in [1.82, 2.24) is 4.90 Å². The van der Waals surface area contributed by atoms with Crippen LogP contribution in [-0.4, -0.2) is 38.6 Å². The molecule has 0 aliphatic rings. The molecular formula is C18H18F3NO4S. The van der Waals surface area contributed by atoms with Gasteiger partial charge >= 0.3 is 6.61 Å². The zero-order valence-electron chi connectivity index (χ0n) is 14.4. The van der Waals surface area contributed by atoms with Gasteiger partial charge in [-0.3, -0.25) is 4.79 Å². The van der Waals surface area contributed by atoms with E-state index in [9.17, 15) is 26.4 Å². The Labute approximate surface area is 155 Å². The number of halogens is 3. The molecule has 2 aromatic rings. The molecule has 0 bridgehead atoms. The van der Waals surface area contributed by atoms with Crippen molar-refractivity contribution in [2.75, 3.05) is 12.8 Å². The molecule has 9 heteroatoms. The van der Waals surface area contributed by atoms with Gasteiger partial charge < -0.3 is 9.64 Å². The number of hydrogen-bond acceptors (Lipinski definition) is 4. The van der Waals surface area contributed by atoms with Crippen molar-refractivity contribution in [2.45, 2.75) is 18.9 Å². The fourth-order valence-electron chi connectivity index (χ4n) is 2.39. The van der Waals surface area contributed by atoms with Gasteiger partial charge in [0, 0.05) is 24.7 Å². The Kier molecular flexibility index (Phi) is 6.84. The van der Waals surface area contributed by atoms with Crippen molar-refractivity contribution < 1.29 is 31.1 Å². The SMILES string of the molecule is CN(Cc1ccccc1F)C(=O)CS(=O)(=O)Cc1ccccc1OC(F)F. The third-order valence-electron chi connectivity index (χ3n) is 3.70. The molecule has 0 aromatic heterocycles. The van der Waals surface area contributed by atoms with Gasteiger partial charge in [-0.05, 0) is 12.1 Å². The van der Waals surface area contributed by atoms with Crippen molar-refractivity contribution >= 4 is 15.7 Å². The van der Waals surface area contributed by atoms with Crippen LogP contribution in [0, 0.1) is 5.82 Å². The topological polar surface area (TPSA) is 63.7 Å². The number of rotatable bonds is 8. The summed E-state index contributed by atoms with van der Waals surface area (Å²) < 4.78 is 67.4. The molecule has 0 unspecified atom stereocenters. The standard InChI is InChI=1S/C18H18F3NO4S/c1-22(10-13-6-2-4-8-15(13)19)17(23)12-27(24,25)11-14-7-3-5-9-16(14)26-18(20)21/h2-9,18H,10-12H2,1H3. The number of nitrogens with zero attached hydrogens (tertiary/aromatic N) is 1. The smallest absolute Gasteiger partial charge is 0.387 e. The van der Waals surface area contributed by atoms with E-state index >= 15 is 0 Å². The van der Waals surface area contributed by atoms with E-state index in [2.05, 4.69) is 4.74 Å². The lowest BCUT2D eigenvalue weighted by molar-refractivity contribution is -0.127. The van der Waals surface area contributed by atoms with E-state index in [1.54, 1.807) is 6.07 Å². The molecule has 0 saturated heterocycles. The van der Waals surface area contributed by atoms with Crippen molar-refractivity contribution in [3.63, 3.8) is 0 Å². The van der Waals surface area contributed by atoms with Gasteiger partial charge in [-0.2, -0.15) is 8.78 Å². The number of para-hydroxylation sites is 1. The number of alkyl halides is 2. The minimum absolute atomic E-state index is 0.0300. The highest BCUT2D eigenvalue weighted by Crippen LogP contribution is 2.23. The van der Waals surface area contributed by atoms with E-state index in [1.807, 2.05) is 0 Å². The zero-order valence-corrected chi connectivity index (χ0v) is 15.3. The molecule has 27 heavy (non-hydrogen) atoms. The summed E-state index contributed by atoms with van der Waals surface area (Å²) in [7, 11) is -2.59. The predicted molar refractivity (Wildman–Crippen MR) is 93.4 cm³/mol. The minimum atomic E-state index is -3.95. The van der Waals surface area contributed by atoms with Crippen LogP contribution in [-0.2, 0) is 26.9 Å². The molecule has 0 spiro atoms. The van der Waals surface area contributed by atoms with Crippen LogP contribution in [0.1, 0.15) is 11.1 Å². The van der Waals surface area contributed by atoms with Crippen LogP contribution in [0.3, 0.4) is 0 Å². The molecule has 0 fully saturated rings. The van der Waals surface area contributed by atoms with Crippen LogP contribution >= 0.6 is 0 Å². The summed E-state index contributed by atoms with van der Waals surface area (Å²) >= 11 is 0. The molecule has 0 atom stereocenters. The van der Waals surface area contributed by atoms with E-state index in [0.29, 0.717) is 0 Å². The second-order valence-electron chi connectivity index (χ2n) is 5.86. The molecular weight excluding hydrogens is 383 g/mol. The number of benzene rings is 2. The fourth-order valence-corrected chi connectivity index (χ4v) is 3.80. The van der Waals surface area contributed by atoms with Crippen molar-refractivity contribution in [3.05, 3.63) is 65.5 Å². The lowest BCUT2D eigenvalue weighted by atomic mass is 10.2. The normalized spacial score (nSPS) is 11.4. The lowest BCUT2D eigenvalue weighted by Crippen LogP contribution is -2.32. The predicted octanol–water partition coefficient (Wildman–Crippen LogP) is 3.00. The highest BCUT2D eigenvalue weighted by molar-refractivity contribution is 7.91. The van der Waals surface area contributed by atoms with Crippen LogP contribution < -0.4 is 4.74 Å². The highest BCUT2D eigenvalue weighted by atomic mass is 32.2. The quantitative estimate of drug-likeness (QED) is 0.682. The average Bonchev–Trinajstić information content (AvgIpc) is 2.57. The number of sulfone groups is 1. The van der Waals surface area contributed by atoms with Crippen LogP contribution in [0.25, 0.3) is 0 Å². The first-order valence-electron chi connectivity index (χ1n) is 7.88. The maximum atomic E-state index is 13.7. The fraction of sp³-hybridized carbons (Fsp3) is 0.278. The molecule has 0 aliphatic carbocycles. The summed E-state index contributed by atoms with van der Waals surface area (Å²) in [6, 6.07) is 11.3. The van der Waals surface area contributed by atoms with Gasteiger partial charge in [0.1, 0.15) is 17.3 Å². The van der Waals surface area contributed by atoms with E-state index in [-0.39, 0.29) is 23.4 Å². The van der Waals surface area contributed by atoms with Crippen molar-refractivity contribution in [3.8, 4) is 5.75 Å². The number of hydrogen-bond donors (Lipinski definition) is 0. The zero-order chi connectivity index (χ0) is 20.0. The Bertz CT molecular complexity index is 903. The Morgan fingerprint density at radius 1 is 1.07 bits per heavy atom. The van der Waals surface area contributed by atoms with Gasteiger partial charge in [-0.1, -0.05) is 36.4 Å². The maximum Gasteiger partial charge on any atom is 0.387 e. The van der Waals surface area contributed by atoms with Gasteiger partial charge in [0.15, 0.2) is 9.84 Å². The number of carbonyl (C=O) groups is 1. The first-order valence-corrected chi connectivity index (χ1v) is 9.70. The highest BCUT2D eigenvalue weighted by Gasteiger charge is 2.23. The Hall–Kier alpha value is -2.55. The molecule has 146 valence electrons. The first-order chi connectivity index (χ1) is 12.7. The Morgan fingerprint density at radius 2 is 1.67 bits per heavy atom. The molecule has 2 rings (SSSR count). The van der Waals surface area contributed by atoms with Crippen LogP contribution in [0.4, 0.5) is 13.2 Å². The van der Waals surface area contributed by atoms with Crippen LogP contribution in [0.2, 0.25) is 0 Å². The van der Waals surface area contributed by atoms with Crippen LogP contribution in [0.15, 0.2) is 48.5 Å². The number of ether oxygens (including phenoxy) is 1. The van der Waals surface area contributed by atoms with E-state index in [1.165, 1.54) is 49.5 Å². The second-order valence-corrected chi connectivity index (χ2v) is 7.92. The van der Waals surface area contributed by atoms with Gasteiger partial charge in [-0.15, -0.1) is 0 Å². The molecule has 0 aliphatic heterocycles. The molecule has 0 N–H and O–H groups in total. The van der Waals surface area contributed by atoms with E-state index in [4.69, 9.17) is 0 Å². The molecule has 1 amide bonds. The van der Waals surface area contributed by atoms with Gasteiger partial charge in [0.2, 0.25) is 5.91 Å². The third kappa shape index (κ3) is 6.28. The summed E-state index contributed by atoms with van der Waals surface area (Å²) in [5.74, 6) is -2.96. The lowest BCUT2D eigenvalue weighted by Gasteiger charge is -2.18. The molecule has 0 heterocycles. The van der Waals surface area contributed by atoms with E-state index in [0.717, 1.165) is 4.90 Å². The maximum absolute atomic E-state index is 13.7. The Morgan fingerprint density at radius 3 is 2.30 bits per heavy atom. The number of amides is 1. The van der Waals surface area contributed by atoms with Crippen molar-refractivity contribution in [1.29, 1.82) is 0 Å². The summed E-state index contributed by atoms with van der Waals surface area (Å²) in [6.07, 6.45) is 0.